The molecule has 0 aliphatic rings. The summed E-state index contributed by atoms with van der Waals surface area (Å²) in [6.45, 7) is 6.72. The van der Waals surface area contributed by atoms with E-state index >= 15 is 0 Å². The minimum atomic E-state index is -4.47. The number of phosphoric ester groups is 1. The number of amides is 1. The van der Waals surface area contributed by atoms with Gasteiger partial charge in [0.25, 0.3) is 0 Å². The summed E-state index contributed by atoms with van der Waals surface area (Å²) in [4.78, 5) is 37.7. The van der Waals surface area contributed by atoms with E-state index in [1.54, 1.807) is 0 Å². The molecule has 0 heterocycles. The van der Waals surface area contributed by atoms with Crippen molar-refractivity contribution < 1.29 is 37.3 Å². The fourth-order valence-electron chi connectivity index (χ4n) is 8.24. The van der Waals surface area contributed by atoms with Crippen molar-refractivity contribution in [1.82, 2.24) is 5.32 Å². The van der Waals surface area contributed by atoms with Crippen LogP contribution < -0.4 is 5.32 Å². The smallest absolute Gasteiger partial charge is 0.456 e. The zero-order valence-electron chi connectivity index (χ0n) is 50.2. The van der Waals surface area contributed by atoms with Crippen molar-refractivity contribution in [2.24, 2.45) is 0 Å². The van der Waals surface area contributed by atoms with Crippen LogP contribution in [0.3, 0.4) is 0 Å². The van der Waals surface area contributed by atoms with Gasteiger partial charge < -0.3 is 19.4 Å². The molecule has 10 heteroatoms. The fraction of sp³-hybridized carbons (Fsp3) is 0.672. The number of unbranched alkanes of at least 4 members (excludes halogenated alkanes) is 22. The molecule has 0 aliphatic carbocycles. The Kier molecular flexibility index (Phi) is 53.1. The number of nitrogens with one attached hydrogen (secondary N) is 1. The van der Waals surface area contributed by atoms with Gasteiger partial charge in [0, 0.05) is 12.8 Å². The van der Waals surface area contributed by atoms with Crippen LogP contribution in [-0.2, 0) is 27.9 Å². The lowest BCUT2D eigenvalue weighted by Gasteiger charge is -2.27. The van der Waals surface area contributed by atoms with Crippen molar-refractivity contribution in [3.8, 4) is 0 Å². The van der Waals surface area contributed by atoms with Crippen LogP contribution >= 0.6 is 7.82 Å². The minimum absolute atomic E-state index is 0.0269. The third-order valence-corrected chi connectivity index (χ3v) is 13.9. The maximum atomic E-state index is 13.6. The molecular formula is C67H116N2O7P+. The van der Waals surface area contributed by atoms with Gasteiger partial charge in [-0.2, -0.15) is 0 Å². The van der Waals surface area contributed by atoms with E-state index in [1.807, 2.05) is 33.3 Å². The van der Waals surface area contributed by atoms with Gasteiger partial charge in [-0.3, -0.25) is 18.6 Å². The van der Waals surface area contributed by atoms with E-state index < -0.39 is 20.0 Å². The molecule has 2 N–H and O–H groups in total. The number of carbonyl (C=O) groups excluding carboxylic acids is 2. The van der Waals surface area contributed by atoms with Crippen molar-refractivity contribution in [3.05, 3.63) is 122 Å². The molecule has 0 rings (SSSR count). The topological polar surface area (TPSA) is 111 Å². The van der Waals surface area contributed by atoms with Gasteiger partial charge in [-0.15, -0.1) is 0 Å². The zero-order chi connectivity index (χ0) is 56.4. The number of ether oxygens (including phenoxy) is 1. The molecule has 0 radical (unpaired) electrons. The molecule has 1 amide bonds. The van der Waals surface area contributed by atoms with E-state index in [4.69, 9.17) is 13.8 Å². The molecule has 0 aliphatic heterocycles. The minimum Gasteiger partial charge on any atom is -0.456 e. The second-order valence-corrected chi connectivity index (χ2v) is 23.0. The molecule has 3 atom stereocenters. The Morgan fingerprint density at radius 2 is 0.896 bits per heavy atom. The van der Waals surface area contributed by atoms with Crippen LogP contribution in [-0.4, -0.2) is 74.3 Å². The predicted octanol–water partition coefficient (Wildman–Crippen LogP) is 19.1. The number of rotatable bonds is 54. The molecular weight excluding hydrogens is 976 g/mol. The highest BCUT2D eigenvalue weighted by atomic mass is 31.2. The van der Waals surface area contributed by atoms with E-state index in [1.165, 1.54) is 57.8 Å². The van der Waals surface area contributed by atoms with E-state index in [0.717, 1.165) is 141 Å². The van der Waals surface area contributed by atoms with Gasteiger partial charge in [-0.1, -0.05) is 245 Å². The number of likely N-dealkylation sites (N-methyl/N-ethyl adjacent to an activating group) is 1. The summed E-state index contributed by atoms with van der Waals surface area (Å²) < 4.78 is 30.6. The Labute approximate surface area is 473 Å². The van der Waals surface area contributed by atoms with Gasteiger partial charge in [0.05, 0.1) is 33.8 Å². The van der Waals surface area contributed by atoms with Crippen LogP contribution in [0, 0.1) is 0 Å². The van der Waals surface area contributed by atoms with Gasteiger partial charge in [0.1, 0.15) is 19.3 Å². The normalized spacial score (nSPS) is 14.5. The average molecular weight is 1090 g/mol. The summed E-state index contributed by atoms with van der Waals surface area (Å²) in [5.74, 6) is -0.554. The molecule has 77 heavy (non-hydrogen) atoms. The first-order chi connectivity index (χ1) is 37.4. The number of nitrogens with zero attached hydrogens (tertiary/aromatic N) is 1. The van der Waals surface area contributed by atoms with Crippen molar-refractivity contribution in [2.75, 3.05) is 40.9 Å². The lowest BCUT2D eigenvalue weighted by molar-refractivity contribution is -0.870. The number of hydrogen-bond donors (Lipinski definition) is 2. The molecule has 0 aromatic rings. The molecule has 0 aromatic heterocycles. The number of carbonyl (C=O) groups is 2. The van der Waals surface area contributed by atoms with Gasteiger partial charge in [-0.05, 0) is 102 Å². The third kappa shape index (κ3) is 56.9. The van der Waals surface area contributed by atoms with Crippen molar-refractivity contribution in [3.63, 3.8) is 0 Å². The zero-order valence-corrected chi connectivity index (χ0v) is 51.1. The van der Waals surface area contributed by atoms with Crippen LogP contribution in [0.4, 0.5) is 0 Å². The number of esters is 1. The molecule has 0 saturated heterocycles. The first-order valence-electron chi connectivity index (χ1n) is 30.9. The van der Waals surface area contributed by atoms with E-state index in [9.17, 15) is 19.0 Å². The molecule has 9 nitrogen and oxygen atoms in total. The van der Waals surface area contributed by atoms with Gasteiger partial charge in [0.15, 0.2) is 0 Å². The summed E-state index contributed by atoms with van der Waals surface area (Å²) >= 11 is 0. The molecule has 0 saturated carbocycles. The predicted molar refractivity (Wildman–Crippen MR) is 332 cm³/mol. The number of quaternary nitrogens is 1. The highest BCUT2D eigenvalue weighted by molar-refractivity contribution is 7.47. The third-order valence-electron chi connectivity index (χ3n) is 13.0. The second kappa shape index (κ2) is 55.7. The fourth-order valence-corrected chi connectivity index (χ4v) is 8.97. The quantitative estimate of drug-likeness (QED) is 0.0156. The van der Waals surface area contributed by atoms with Crippen molar-refractivity contribution >= 4 is 19.7 Å². The van der Waals surface area contributed by atoms with Gasteiger partial charge in [0.2, 0.25) is 5.91 Å². The van der Waals surface area contributed by atoms with Crippen molar-refractivity contribution in [2.45, 2.75) is 251 Å². The molecule has 440 valence electrons. The van der Waals surface area contributed by atoms with Crippen LogP contribution in [0.15, 0.2) is 122 Å². The molecule has 0 aromatic carbocycles. The Balaban J connectivity index is 5.26. The Morgan fingerprint density at radius 1 is 0.481 bits per heavy atom. The SMILES string of the molecule is CC/C=C\C/C=C\C/C=C\C/C=C\C/C=C\C/C=C\CCCCCCCCC(=O)NC(COP(=O)(O)OCC[N+](C)(C)C)C(/C=C\CCCCCCCCCCCCC)OC(=O)CCCCCCC\C=C/C=C/C=C/CC. The molecule has 0 fully saturated rings. The Hall–Kier alpha value is -3.59. The van der Waals surface area contributed by atoms with Gasteiger partial charge in [-0.25, -0.2) is 4.57 Å². The van der Waals surface area contributed by atoms with Crippen molar-refractivity contribution in [1.29, 1.82) is 0 Å². The largest absolute Gasteiger partial charge is 0.472 e. The number of phosphoric acid groups is 1. The first kappa shape index (κ1) is 73.4. The maximum absolute atomic E-state index is 13.6. The molecule has 3 unspecified atom stereocenters. The summed E-state index contributed by atoms with van der Waals surface area (Å²) in [5.41, 5.74) is 0. The maximum Gasteiger partial charge on any atom is 0.472 e. The number of hydrogen-bond acceptors (Lipinski definition) is 6. The van der Waals surface area contributed by atoms with Crippen LogP contribution in [0.2, 0.25) is 0 Å². The van der Waals surface area contributed by atoms with Gasteiger partial charge >= 0.3 is 13.8 Å². The lowest BCUT2D eigenvalue weighted by atomic mass is 10.0. The standard InChI is InChI=1S/C67H115N2O7P/c1-7-10-13-16-19-22-25-28-29-30-31-32-33-34-35-36-37-38-39-42-44-47-50-53-56-59-66(70)68-64(63-75-77(72,73)74-62-61-69(4,5)6)65(58-55-52-49-46-43-40-26-23-20-17-14-11-8-2)76-67(71)60-57-54-51-48-45-41-27-24-21-18-15-12-9-3/h10,12-13,15,18-19,21-22,24,27-29,31-32,34-35,37-38,55,58,64-65H,7-9,11,14,16-17,20,23,25-26,30,33,36,39-54,56-57,59-63H2,1-6H3,(H-,68,70,72,73)/p+1/b13-10-,15-12+,21-18+,22-19-,27-24-,29-28-,32-31-,35-34-,38-37-,58-55-. The van der Waals surface area contributed by atoms with Crippen LogP contribution in [0.5, 0.6) is 0 Å². The lowest BCUT2D eigenvalue weighted by Crippen LogP contribution is -2.47. The monoisotopic (exact) mass is 1090 g/mol. The number of allylic oxidation sites excluding steroid dienone is 19. The summed E-state index contributed by atoms with van der Waals surface area (Å²) in [6.07, 6.45) is 77.7. The van der Waals surface area contributed by atoms with E-state index in [2.05, 4.69) is 135 Å². The highest BCUT2D eigenvalue weighted by Gasteiger charge is 2.30. The Bertz CT molecular complexity index is 1730. The second-order valence-electron chi connectivity index (χ2n) is 21.5. The average Bonchev–Trinajstić information content (AvgIpc) is 3.39. The Morgan fingerprint density at radius 3 is 1.39 bits per heavy atom. The highest BCUT2D eigenvalue weighted by Crippen LogP contribution is 2.43. The van der Waals surface area contributed by atoms with Crippen LogP contribution in [0.1, 0.15) is 239 Å². The summed E-state index contributed by atoms with van der Waals surface area (Å²) in [6, 6.07) is -0.873. The molecule has 0 bridgehead atoms. The summed E-state index contributed by atoms with van der Waals surface area (Å²) in [5, 5.41) is 3.04. The van der Waals surface area contributed by atoms with E-state index in [0.29, 0.717) is 23.9 Å². The summed E-state index contributed by atoms with van der Waals surface area (Å²) in [7, 11) is 1.45. The molecule has 0 spiro atoms. The van der Waals surface area contributed by atoms with E-state index in [-0.39, 0.29) is 31.5 Å². The first-order valence-corrected chi connectivity index (χ1v) is 32.4. The van der Waals surface area contributed by atoms with Crippen LogP contribution in [0.25, 0.3) is 0 Å².